The molecule has 82 valence electrons. The third-order valence-electron chi connectivity index (χ3n) is 2.38. The Kier molecular flexibility index (Phi) is 3.10. The number of carbonyl (C=O) groups excluding carboxylic acids is 1. The van der Waals surface area contributed by atoms with E-state index >= 15 is 0 Å². The van der Waals surface area contributed by atoms with Crippen LogP contribution >= 0.6 is 0 Å². The Morgan fingerprint density at radius 1 is 1.38 bits per heavy atom. The molecule has 1 aromatic carbocycles. The highest BCUT2D eigenvalue weighted by Gasteiger charge is 2.07. The van der Waals surface area contributed by atoms with Gasteiger partial charge in [0.15, 0.2) is 5.82 Å². The molecule has 4 nitrogen and oxygen atoms in total. The summed E-state index contributed by atoms with van der Waals surface area (Å²) in [6.07, 6.45) is 1.58. The Morgan fingerprint density at radius 3 is 2.94 bits per heavy atom. The third-order valence-corrected chi connectivity index (χ3v) is 2.38. The summed E-state index contributed by atoms with van der Waals surface area (Å²) in [6, 6.07) is 8.03. The van der Waals surface area contributed by atoms with Gasteiger partial charge < -0.3 is 9.32 Å². The first kappa shape index (κ1) is 10.5. The van der Waals surface area contributed by atoms with E-state index in [1.807, 2.05) is 31.2 Å². The van der Waals surface area contributed by atoms with Gasteiger partial charge in [0, 0.05) is 0 Å². The Bertz CT molecular complexity index is 491. The number of aldehydes is 1. The van der Waals surface area contributed by atoms with Crippen molar-refractivity contribution in [2.24, 2.45) is 0 Å². The minimum Gasteiger partial charge on any atom is -0.339 e. The van der Waals surface area contributed by atoms with E-state index in [4.69, 9.17) is 4.52 Å². The third kappa shape index (κ3) is 2.34. The van der Waals surface area contributed by atoms with Crippen LogP contribution in [0.1, 0.15) is 22.8 Å². The molecule has 1 heterocycles. The average Bonchev–Trinajstić information content (AvgIpc) is 2.70. The highest BCUT2D eigenvalue weighted by atomic mass is 16.5. The second-order valence-electron chi connectivity index (χ2n) is 3.58. The van der Waals surface area contributed by atoms with Crippen molar-refractivity contribution < 1.29 is 9.32 Å². The fourth-order valence-corrected chi connectivity index (χ4v) is 1.49. The first-order valence-electron chi connectivity index (χ1n) is 5.09. The number of hydrogen-bond acceptors (Lipinski definition) is 4. The molecule has 0 saturated carbocycles. The van der Waals surface area contributed by atoms with Gasteiger partial charge in [0.1, 0.15) is 6.29 Å². The van der Waals surface area contributed by atoms with Crippen molar-refractivity contribution in [2.75, 3.05) is 0 Å². The van der Waals surface area contributed by atoms with Crippen LogP contribution in [0.25, 0.3) is 0 Å². The summed E-state index contributed by atoms with van der Waals surface area (Å²) < 4.78 is 5.06. The van der Waals surface area contributed by atoms with Crippen molar-refractivity contribution in [1.29, 1.82) is 0 Å². The second kappa shape index (κ2) is 4.70. The molecule has 0 N–H and O–H groups in total. The number of rotatable bonds is 4. The van der Waals surface area contributed by atoms with Gasteiger partial charge in [0.05, 0.1) is 12.8 Å². The van der Waals surface area contributed by atoms with Crippen LogP contribution in [0.5, 0.6) is 0 Å². The maximum Gasteiger partial charge on any atom is 0.231 e. The minimum absolute atomic E-state index is 0.206. The highest BCUT2D eigenvalue weighted by molar-refractivity contribution is 5.52. The standard InChI is InChI=1S/C12H12N2O2/c1-9-4-2-3-5-10(9)8-12-13-11(6-7-15)14-16-12/h2-5,7H,6,8H2,1H3. The van der Waals surface area contributed by atoms with E-state index in [1.165, 1.54) is 5.56 Å². The van der Waals surface area contributed by atoms with E-state index in [-0.39, 0.29) is 6.42 Å². The van der Waals surface area contributed by atoms with Gasteiger partial charge >= 0.3 is 0 Å². The van der Waals surface area contributed by atoms with Gasteiger partial charge in [-0.05, 0) is 18.1 Å². The zero-order chi connectivity index (χ0) is 11.4. The Balaban J connectivity index is 2.14. The van der Waals surface area contributed by atoms with Crippen molar-refractivity contribution in [3.63, 3.8) is 0 Å². The number of nitrogens with zero attached hydrogens (tertiary/aromatic N) is 2. The van der Waals surface area contributed by atoms with Gasteiger partial charge in [-0.25, -0.2) is 0 Å². The van der Waals surface area contributed by atoms with Crippen molar-refractivity contribution in [2.45, 2.75) is 19.8 Å². The summed E-state index contributed by atoms with van der Waals surface area (Å²) in [5.41, 5.74) is 2.35. The molecule has 0 aliphatic carbocycles. The minimum atomic E-state index is 0.206. The molecule has 2 rings (SSSR count). The van der Waals surface area contributed by atoms with Crippen LogP contribution < -0.4 is 0 Å². The van der Waals surface area contributed by atoms with Gasteiger partial charge in [-0.2, -0.15) is 4.98 Å². The number of benzene rings is 1. The van der Waals surface area contributed by atoms with Gasteiger partial charge in [0.2, 0.25) is 5.89 Å². The predicted octanol–water partition coefficient (Wildman–Crippen LogP) is 1.71. The summed E-state index contributed by atoms with van der Waals surface area (Å²) in [5, 5.41) is 3.71. The summed E-state index contributed by atoms with van der Waals surface area (Å²) in [4.78, 5) is 14.4. The number of hydrogen-bond donors (Lipinski definition) is 0. The topological polar surface area (TPSA) is 56.0 Å². The molecular weight excluding hydrogens is 204 g/mol. The molecular formula is C12H12N2O2. The van der Waals surface area contributed by atoms with Gasteiger partial charge in [0.25, 0.3) is 0 Å². The lowest BCUT2D eigenvalue weighted by molar-refractivity contribution is -0.107. The van der Waals surface area contributed by atoms with Crippen LogP contribution in [0.2, 0.25) is 0 Å². The first-order chi connectivity index (χ1) is 7.79. The summed E-state index contributed by atoms with van der Waals surface area (Å²) in [5.74, 6) is 0.990. The summed E-state index contributed by atoms with van der Waals surface area (Å²) in [7, 11) is 0. The molecule has 1 aromatic heterocycles. The normalized spacial score (nSPS) is 10.3. The second-order valence-corrected chi connectivity index (χ2v) is 3.58. The van der Waals surface area contributed by atoms with E-state index in [9.17, 15) is 4.79 Å². The molecule has 4 heteroatoms. The molecule has 0 spiro atoms. The van der Waals surface area contributed by atoms with E-state index in [0.29, 0.717) is 18.1 Å². The monoisotopic (exact) mass is 216 g/mol. The van der Waals surface area contributed by atoms with Crippen LogP contribution in [-0.4, -0.2) is 16.4 Å². The number of aryl methyl sites for hydroxylation is 1. The van der Waals surface area contributed by atoms with Crippen LogP contribution in [-0.2, 0) is 17.6 Å². The molecule has 2 aromatic rings. The molecule has 0 radical (unpaired) electrons. The predicted molar refractivity (Wildman–Crippen MR) is 58.1 cm³/mol. The Hall–Kier alpha value is -1.97. The lowest BCUT2D eigenvalue weighted by Gasteiger charge is -2.00. The molecule has 0 fully saturated rings. The maximum atomic E-state index is 10.3. The van der Waals surface area contributed by atoms with Crippen LogP contribution in [0.3, 0.4) is 0 Å². The van der Waals surface area contributed by atoms with E-state index < -0.39 is 0 Å². The Labute approximate surface area is 93.3 Å². The van der Waals surface area contributed by atoms with Gasteiger partial charge in [-0.3, -0.25) is 0 Å². The van der Waals surface area contributed by atoms with Gasteiger partial charge in [-0.15, -0.1) is 0 Å². The fraction of sp³-hybridized carbons (Fsp3) is 0.250. The molecule has 0 atom stereocenters. The van der Waals surface area contributed by atoms with Crippen molar-refractivity contribution >= 4 is 6.29 Å². The lowest BCUT2D eigenvalue weighted by Crippen LogP contribution is -1.93. The van der Waals surface area contributed by atoms with Crippen LogP contribution in [0, 0.1) is 6.92 Å². The molecule has 0 unspecified atom stereocenters. The first-order valence-corrected chi connectivity index (χ1v) is 5.09. The Morgan fingerprint density at radius 2 is 2.19 bits per heavy atom. The molecule has 16 heavy (non-hydrogen) atoms. The van der Waals surface area contributed by atoms with E-state index in [1.54, 1.807) is 0 Å². The smallest absolute Gasteiger partial charge is 0.231 e. The zero-order valence-electron chi connectivity index (χ0n) is 9.01. The molecule has 0 aliphatic heterocycles. The highest BCUT2D eigenvalue weighted by Crippen LogP contribution is 2.12. The average molecular weight is 216 g/mol. The summed E-state index contributed by atoms with van der Waals surface area (Å²) in [6.45, 7) is 2.04. The number of carbonyl (C=O) groups is 1. The van der Waals surface area contributed by atoms with Crippen LogP contribution in [0.4, 0.5) is 0 Å². The quantitative estimate of drug-likeness (QED) is 0.730. The largest absolute Gasteiger partial charge is 0.339 e. The molecule has 0 bridgehead atoms. The molecule has 0 aliphatic rings. The molecule has 0 saturated heterocycles. The van der Waals surface area contributed by atoms with E-state index in [2.05, 4.69) is 10.1 Å². The van der Waals surface area contributed by atoms with Crippen LogP contribution in [0.15, 0.2) is 28.8 Å². The van der Waals surface area contributed by atoms with Crippen molar-refractivity contribution in [1.82, 2.24) is 10.1 Å². The number of aromatic nitrogens is 2. The van der Waals surface area contributed by atoms with Gasteiger partial charge in [-0.1, -0.05) is 29.4 Å². The van der Waals surface area contributed by atoms with Crippen molar-refractivity contribution in [3.05, 3.63) is 47.1 Å². The zero-order valence-corrected chi connectivity index (χ0v) is 9.01. The van der Waals surface area contributed by atoms with E-state index in [0.717, 1.165) is 11.8 Å². The van der Waals surface area contributed by atoms with Crippen molar-refractivity contribution in [3.8, 4) is 0 Å². The lowest BCUT2D eigenvalue weighted by atomic mass is 10.1. The maximum absolute atomic E-state index is 10.3. The summed E-state index contributed by atoms with van der Waals surface area (Å²) >= 11 is 0. The fourth-order valence-electron chi connectivity index (χ4n) is 1.49. The molecule has 0 amide bonds. The SMILES string of the molecule is Cc1ccccc1Cc1nc(CC=O)no1.